The Morgan fingerprint density at radius 3 is 2.84 bits per heavy atom. The Balaban J connectivity index is 1.59. The van der Waals surface area contributed by atoms with Gasteiger partial charge in [0.25, 0.3) is 5.91 Å². The number of rotatable bonds is 1. The monoisotopic (exact) mass is 256 g/mol. The summed E-state index contributed by atoms with van der Waals surface area (Å²) < 4.78 is 0. The molecule has 2 aromatic heterocycles. The third-order valence-corrected chi connectivity index (χ3v) is 4.51. The Morgan fingerprint density at radius 1 is 1.26 bits per heavy atom. The minimum Gasteiger partial charge on any atom is -0.343 e. The molecule has 0 spiro atoms. The lowest BCUT2D eigenvalue weighted by molar-refractivity contribution is 0.0775. The largest absolute Gasteiger partial charge is 0.343 e. The number of hydrogen-bond donors (Lipinski definition) is 1. The highest BCUT2D eigenvalue weighted by Crippen LogP contribution is 2.38. The van der Waals surface area contributed by atoms with Crippen LogP contribution in [0.3, 0.4) is 0 Å². The van der Waals surface area contributed by atoms with Crippen molar-refractivity contribution in [2.75, 3.05) is 13.1 Å². The van der Waals surface area contributed by atoms with E-state index in [-0.39, 0.29) is 5.91 Å². The Kier molecular flexibility index (Phi) is 2.33. The lowest BCUT2D eigenvalue weighted by Crippen LogP contribution is -2.30. The summed E-state index contributed by atoms with van der Waals surface area (Å²) in [5.74, 6) is 1.50. The van der Waals surface area contributed by atoms with Crippen molar-refractivity contribution in [2.24, 2.45) is 11.8 Å². The second-order valence-corrected chi connectivity index (χ2v) is 5.63. The van der Waals surface area contributed by atoms with Gasteiger partial charge in [-0.05, 0) is 36.8 Å². The third-order valence-electron chi connectivity index (χ3n) is 4.51. The average molecular weight is 256 g/mol. The van der Waals surface area contributed by atoms with Gasteiger partial charge in [0.05, 0.1) is 11.8 Å². The van der Waals surface area contributed by atoms with Crippen LogP contribution in [0.25, 0.3) is 11.2 Å². The van der Waals surface area contributed by atoms with E-state index in [9.17, 15) is 4.79 Å². The molecular formula is C14H16N4O. The fourth-order valence-corrected chi connectivity index (χ4v) is 3.50. The molecule has 98 valence electrons. The fourth-order valence-electron chi connectivity index (χ4n) is 3.50. The third kappa shape index (κ3) is 1.72. The van der Waals surface area contributed by atoms with Crippen LogP contribution in [0.15, 0.2) is 18.5 Å². The van der Waals surface area contributed by atoms with Crippen molar-refractivity contribution >= 4 is 17.1 Å². The van der Waals surface area contributed by atoms with Crippen LogP contribution in [0.5, 0.6) is 0 Å². The van der Waals surface area contributed by atoms with E-state index >= 15 is 0 Å². The van der Waals surface area contributed by atoms with Crippen LogP contribution in [0.4, 0.5) is 0 Å². The van der Waals surface area contributed by atoms with Gasteiger partial charge in [0, 0.05) is 13.1 Å². The molecule has 5 nitrogen and oxygen atoms in total. The van der Waals surface area contributed by atoms with Crippen LogP contribution in [0.2, 0.25) is 0 Å². The Morgan fingerprint density at radius 2 is 2.05 bits per heavy atom. The van der Waals surface area contributed by atoms with Gasteiger partial charge >= 0.3 is 0 Å². The number of H-pyrrole nitrogens is 1. The van der Waals surface area contributed by atoms with Crippen LogP contribution in [-0.4, -0.2) is 38.8 Å². The highest BCUT2D eigenvalue weighted by Gasteiger charge is 2.38. The molecule has 0 unspecified atom stereocenters. The van der Waals surface area contributed by atoms with E-state index in [2.05, 4.69) is 15.0 Å². The van der Waals surface area contributed by atoms with Crippen molar-refractivity contribution in [1.29, 1.82) is 0 Å². The molecule has 0 bridgehead atoms. The number of carbonyl (C=O) groups excluding carboxylic acids is 1. The number of carbonyl (C=O) groups is 1. The number of likely N-dealkylation sites (tertiary alicyclic amines) is 1. The number of nitrogens with zero attached hydrogens (tertiary/aromatic N) is 3. The molecule has 2 aliphatic rings. The quantitative estimate of drug-likeness (QED) is 0.846. The second-order valence-electron chi connectivity index (χ2n) is 5.63. The van der Waals surface area contributed by atoms with Gasteiger partial charge in [0.2, 0.25) is 0 Å². The predicted molar refractivity (Wildman–Crippen MR) is 70.6 cm³/mol. The SMILES string of the molecule is O=C(c1ccc2[nH]cnc2n1)N1C[C@@H]2CCC[C@H]2C1. The molecule has 1 N–H and O–H groups in total. The summed E-state index contributed by atoms with van der Waals surface area (Å²) in [4.78, 5) is 25.9. The molecule has 4 rings (SSSR count). The van der Waals surface area contributed by atoms with Crippen LogP contribution < -0.4 is 0 Å². The van der Waals surface area contributed by atoms with Crippen molar-refractivity contribution in [1.82, 2.24) is 19.9 Å². The normalized spacial score (nSPS) is 26.0. The van der Waals surface area contributed by atoms with Crippen LogP contribution in [-0.2, 0) is 0 Å². The minimum absolute atomic E-state index is 0.0549. The number of amides is 1. The molecule has 2 fully saturated rings. The first-order valence-electron chi connectivity index (χ1n) is 6.90. The molecule has 2 atom stereocenters. The molecule has 19 heavy (non-hydrogen) atoms. The van der Waals surface area contributed by atoms with Gasteiger partial charge in [-0.25, -0.2) is 9.97 Å². The summed E-state index contributed by atoms with van der Waals surface area (Å²) in [7, 11) is 0. The van der Waals surface area contributed by atoms with E-state index < -0.39 is 0 Å². The Bertz CT molecular complexity index is 623. The van der Waals surface area contributed by atoms with Crippen molar-refractivity contribution in [3.8, 4) is 0 Å². The summed E-state index contributed by atoms with van der Waals surface area (Å²) in [5, 5.41) is 0. The van der Waals surface area contributed by atoms with E-state index in [1.54, 1.807) is 12.4 Å². The number of aromatic nitrogens is 3. The minimum atomic E-state index is 0.0549. The standard InChI is InChI=1S/C14H16N4O/c19-14(18-6-9-2-1-3-10(9)7-18)12-5-4-11-13(17-12)16-8-15-11/h4-5,8-10H,1-3,6-7H2,(H,15,16,17)/t9-,10-/m0/s1. The number of hydrogen-bond acceptors (Lipinski definition) is 3. The van der Waals surface area contributed by atoms with Crippen molar-refractivity contribution < 1.29 is 4.79 Å². The van der Waals surface area contributed by atoms with E-state index in [1.807, 2.05) is 11.0 Å². The van der Waals surface area contributed by atoms with Gasteiger partial charge < -0.3 is 9.88 Å². The molecule has 3 heterocycles. The second kappa shape index (κ2) is 4.05. The van der Waals surface area contributed by atoms with Crippen LogP contribution in [0.1, 0.15) is 29.8 Å². The highest BCUT2D eigenvalue weighted by molar-refractivity contribution is 5.94. The summed E-state index contributed by atoms with van der Waals surface area (Å²) in [6, 6.07) is 3.66. The topological polar surface area (TPSA) is 61.9 Å². The number of nitrogens with one attached hydrogen (secondary N) is 1. The van der Waals surface area contributed by atoms with E-state index in [0.717, 1.165) is 30.4 Å². The van der Waals surface area contributed by atoms with E-state index in [4.69, 9.17) is 0 Å². The molecule has 1 amide bonds. The summed E-state index contributed by atoms with van der Waals surface area (Å²) >= 11 is 0. The van der Waals surface area contributed by atoms with Gasteiger partial charge in [-0.15, -0.1) is 0 Å². The lowest BCUT2D eigenvalue weighted by Gasteiger charge is -2.16. The maximum Gasteiger partial charge on any atom is 0.272 e. The van der Waals surface area contributed by atoms with Crippen molar-refractivity contribution in [3.05, 3.63) is 24.2 Å². The highest BCUT2D eigenvalue weighted by atomic mass is 16.2. The zero-order chi connectivity index (χ0) is 12.8. The van der Waals surface area contributed by atoms with Crippen LogP contribution in [0, 0.1) is 11.8 Å². The Hall–Kier alpha value is -1.91. The number of aromatic amines is 1. The molecule has 0 aromatic carbocycles. The van der Waals surface area contributed by atoms with Crippen molar-refractivity contribution in [2.45, 2.75) is 19.3 Å². The summed E-state index contributed by atoms with van der Waals surface area (Å²) in [6.07, 6.45) is 5.49. The van der Waals surface area contributed by atoms with Crippen LogP contribution >= 0.6 is 0 Å². The molecular weight excluding hydrogens is 240 g/mol. The molecule has 1 saturated heterocycles. The van der Waals surface area contributed by atoms with Gasteiger partial charge in [-0.3, -0.25) is 4.79 Å². The van der Waals surface area contributed by atoms with E-state index in [0.29, 0.717) is 11.3 Å². The summed E-state index contributed by atoms with van der Waals surface area (Å²) in [6.45, 7) is 1.81. The zero-order valence-electron chi connectivity index (χ0n) is 10.7. The molecule has 0 radical (unpaired) electrons. The number of fused-ring (bicyclic) bond motifs is 2. The van der Waals surface area contributed by atoms with Crippen molar-refractivity contribution in [3.63, 3.8) is 0 Å². The molecule has 1 aliphatic heterocycles. The molecule has 1 saturated carbocycles. The predicted octanol–water partition coefficient (Wildman–Crippen LogP) is 1.83. The van der Waals surface area contributed by atoms with E-state index in [1.165, 1.54) is 19.3 Å². The maximum atomic E-state index is 12.5. The van der Waals surface area contributed by atoms with Gasteiger partial charge in [-0.2, -0.15) is 0 Å². The summed E-state index contributed by atoms with van der Waals surface area (Å²) in [5.41, 5.74) is 2.00. The Labute approximate surface area is 111 Å². The first-order chi connectivity index (χ1) is 9.31. The smallest absolute Gasteiger partial charge is 0.272 e. The first kappa shape index (κ1) is 11.0. The number of imidazole rings is 1. The molecule has 5 heteroatoms. The molecule has 1 aliphatic carbocycles. The van der Waals surface area contributed by atoms with Gasteiger partial charge in [0.1, 0.15) is 5.69 Å². The lowest BCUT2D eigenvalue weighted by atomic mass is 10.0. The van der Waals surface area contributed by atoms with Gasteiger partial charge in [0.15, 0.2) is 5.65 Å². The van der Waals surface area contributed by atoms with Gasteiger partial charge in [-0.1, -0.05) is 6.42 Å². The molecule has 2 aromatic rings. The number of pyridine rings is 1. The first-order valence-corrected chi connectivity index (χ1v) is 6.90. The fraction of sp³-hybridized carbons (Fsp3) is 0.500. The maximum absolute atomic E-state index is 12.5. The zero-order valence-corrected chi connectivity index (χ0v) is 10.7. The average Bonchev–Trinajstić information content (AvgIpc) is 3.11.